The monoisotopic (exact) mass is 356 g/mol. The summed E-state index contributed by atoms with van der Waals surface area (Å²) in [5.74, 6) is 0.0307. The standard InChI is InChI=1S/C18H24N6O2/c1-2-7-24-17(25)10-16(13-22-24)23-8-3-14(4-9-23)18(26)21-12-15-11-19-5-6-20-15/h5-6,10-11,13-14H,2-4,7-9,12H2,1H3,(H,21,26). The van der Waals surface area contributed by atoms with E-state index in [1.54, 1.807) is 30.9 Å². The van der Waals surface area contributed by atoms with Gasteiger partial charge in [0.15, 0.2) is 0 Å². The maximum atomic E-state index is 12.3. The number of rotatable bonds is 6. The minimum Gasteiger partial charge on any atom is -0.370 e. The van der Waals surface area contributed by atoms with E-state index >= 15 is 0 Å². The fourth-order valence-corrected chi connectivity index (χ4v) is 3.12. The molecule has 0 spiro atoms. The third-order valence-electron chi connectivity index (χ3n) is 4.58. The van der Waals surface area contributed by atoms with Gasteiger partial charge < -0.3 is 10.2 Å². The number of carbonyl (C=O) groups is 1. The van der Waals surface area contributed by atoms with Gasteiger partial charge in [0.05, 0.1) is 30.3 Å². The lowest BCUT2D eigenvalue weighted by Crippen LogP contribution is -2.41. The van der Waals surface area contributed by atoms with Crippen LogP contribution in [0.4, 0.5) is 5.69 Å². The van der Waals surface area contributed by atoms with Gasteiger partial charge in [-0.3, -0.25) is 19.6 Å². The molecular formula is C18H24N6O2. The van der Waals surface area contributed by atoms with E-state index in [4.69, 9.17) is 0 Å². The largest absolute Gasteiger partial charge is 0.370 e. The molecule has 1 amide bonds. The van der Waals surface area contributed by atoms with Gasteiger partial charge in [0.25, 0.3) is 5.56 Å². The van der Waals surface area contributed by atoms with Gasteiger partial charge in [-0.2, -0.15) is 5.10 Å². The molecule has 2 aromatic heterocycles. The van der Waals surface area contributed by atoms with Gasteiger partial charge in [0, 0.05) is 44.0 Å². The molecular weight excluding hydrogens is 332 g/mol. The van der Waals surface area contributed by atoms with Crippen molar-refractivity contribution in [1.29, 1.82) is 0 Å². The minimum atomic E-state index is -0.0758. The number of aromatic nitrogens is 4. The van der Waals surface area contributed by atoms with Crippen LogP contribution in [0.2, 0.25) is 0 Å². The summed E-state index contributed by atoms with van der Waals surface area (Å²) in [7, 11) is 0. The van der Waals surface area contributed by atoms with Crippen LogP contribution in [-0.4, -0.2) is 38.7 Å². The van der Waals surface area contributed by atoms with Crippen LogP contribution in [0.15, 0.2) is 35.6 Å². The van der Waals surface area contributed by atoms with E-state index in [1.165, 1.54) is 4.68 Å². The van der Waals surface area contributed by atoms with Crippen LogP contribution in [0.5, 0.6) is 0 Å². The molecule has 1 N–H and O–H groups in total. The molecule has 0 saturated carbocycles. The molecule has 26 heavy (non-hydrogen) atoms. The highest BCUT2D eigenvalue weighted by Gasteiger charge is 2.25. The average Bonchev–Trinajstić information content (AvgIpc) is 2.69. The minimum absolute atomic E-state index is 0.0173. The number of carbonyl (C=O) groups excluding carboxylic acids is 1. The van der Waals surface area contributed by atoms with E-state index in [0.29, 0.717) is 13.1 Å². The summed E-state index contributed by atoms with van der Waals surface area (Å²) in [6.07, 6.45) is 9.00. The zero-order chi connectivity index (χ0) is 18.4. The molecule has 8 heteroatoms. The van der Waals surface area contributed by atoms with Crippen molar-refractivity contribution in [3.05, 3.63) is 46.9 Å². The second kappa shape index (κ2) is 8.55. The molecule has 0 bridgehead atoms. The third kappa shape index (κ3) is 4.44. The van der Waals surface area contributed by atoms with Crippen LogP contribution in [0.25, 0.3) is 0 Å². The normalized spacial score (nSPS) is 15.0. The first kappa shape index (κ1) is 18.0. The summed E-state index contributed by atoms with van der Waals surface area (Å²) in [6.45, 7) is 4.52. The average molecular weight is 356 g/mol. The SMILES string of the molecule is CCCn1ncc(N2CCC(C(=O)NCc3cnccn3)CC2)cc1=O. The summed E-state index contributed by atoms with van der Waals surface area (Å²) in [5.41, 5.74) is 1.51. The number of amides is 1. The summed E-state index contributed by atoms with van der Waals surface area (Å²) in [6, 6.07) is 1.64. The fraction of sp³-hybridized carbons (Fsp3) is 0.500. The van der Waals surface area contributed by atoms with Crippen LogP contribution < -0.4 is 15.8 Å². The Hall–Kier alpha value is -2.77. The van der Waals surface area contributed by atoms with Gasteiger partial charge in [-0.1, -0.05) is 6.92 Å². The Balaban J connectivity index is 1.51. The van der Waals surface area contributed by atoms with Gasteiger partial charge in [-0.05, 0) is 19.3 Å². The summed E-state index contributed by atoms with van der Waals surface area (Å²) < 4.78 is 1.48. The number of piperidine rings is 1. The van der Waals surface area contributed by atoms with Crippen molar-refractivity contribution in [1.82, 2.24) is 25.1 Å². The molecule has 1 aliphatic rings. The number of nitrogens with one attached hydrogen (secondary N) is 1. The molecule has 3 heterocycles. The van der Waals surface area contributed by atoms with Crippen LogP contribution in [0, 0.1) is 5.92 Å². The Kier molecular flexibility index (Phi) is 5.93. The lowest BCUT2D eigenvalue weighted by molar-refractivity contribution is -0.125. The quantitative estimate of drug-likeness (QED) is 0.829. The van der Waals surface area contributed by atoms with Gasteiger partial charge in [0.1, 0.15) is 0 Å². The fourth-order valence-electron chi connectivity index (χ4n) is 3.12. The lowest BCUT2D eigenvalue weighted by Gasteiger charge is -2.32. The smallest absolute Gasteiger partial charge is 0.268 e. The highest BCUT2D eigenvalue weighted by molar-refractivity contribution is 5.78. The highest BCUT2D eigenvalue weighted by Crippen LogP contribution is 2.22. The van der Waals surface area contributed by atoms with Gasteiger partial charge >= 0.3 is 0 Å². The van der Waals surface area contributed by atoms with Crippen molar-refractivity contribution in [2.45, 2.75) is 39.3 Å². The van der Waals surface area contributed by atoms with Crippen LogP contribution in [0.3, 0.4) is 0 Å². The molecule has 1 saturated heterocycles. The van der Waals surface area contributed by atoms with E-state index in [9.17, 15) is 9.59 Å². The number of hydrogen-bond acceptors (Lipinski definition) is 6. The highest BCUT2D eigenvalue weighted by atomic mass is 16.2. The van der Waals surface area contributed by atoms with E-state index in [0.717, 1.165) is 43.7 Å². The second-order valence-electron chi connectivity index (χ2n) is 6.45. The summed E-state index contributed by atoms with van der Waals surface area (Å²) in [5, 5.41) is 7.16. The Morgan fingerprint density at radius 2 is 2.08 bits per heavy atom. The summed E-state index contributed by atoms with van der Waals surface area (Å²) >= 11 is 0. The van der Waals surface area contributed by atoms with Crippen LogP contribution in [0.1, 0.15) is 31.9 Å². The van der Waals surface area contributed by atoms with Crippen LogP contribution in [-0.2, 0) is 17.9 Å². The van der Waals surface area contributed by atoms with E-state index in [2.05, 4.69) is 25.3 Å². The Bertz CT molecular complexity index is 784. The van der Waals surface area contributed by atoms with E-state index in [1.807, 2.05) is 6.92 Å². The predicted octanol–water partition coefficient (Wildman–Crippen LogP) is 0.976. The zero-order valence-electron chi connectivity index (χ0n) is 15.0. The van der Waals surface area contributed by atoms with Crippen molar-refractivity contribution in [2.24, 2.45) is 5.92 Å². The topological polar surface area (TPSA) is 93.0 Å². The van der Waals surface area contributed by atoms with Gasteiger partial charge in [-0.15, -0.1) is 0 Å². The van der Waals surface area contributed by atoms with Crippen molar-refractivity contribution in [2.75, 3.05) is 18.0 Å². The molecule has 0 radical (unpaired) electrons. The first-order chi connectivity index (χ1) is 12.7. The first-order valence-electron chi connectivity index (χ1n) is 9.02. The van der Waals surface area contributed by atoms with Gasteiger partial charge in [-0.25, -0.2) is 4.68 Å². The van der Waals surface area contributed by atoms with E-state index < -0.39 is 0 Å². The molecule has 0 aliphatic carbocycles. The first-order valence-corrected chi connectivity index (χ1v) is 9.02. The maximum absolute atomic E-state index is 12.3. The lowest BCUT2D eigenvalue weighted by atomic mass is 9.95. The Morgan fingerprint density at radius 3 is 2.73 bits per heavy atom. The van der Waals surface area contributed by atoms with E-state index in [-0.39, 0.29) is 17.4 Å². The predicted molar refractivity (Wildman–Crippen MR) is 97.6 cm³/mol. The third-order valence-corrected chi connectivity index (χ3v) is 4.58. The van der Waals surface area contributed by atoms with Crippen molar-refractivity contribution < 1.29 is 4.79 Å². The molecule has 1 fully saturated rings. The van der Waals surface area contributed by atoms with Crippen molar-refractivity contribution in [3.8, 4) is 0 Å². The number of anilines is 1. The molecule has 2 aromatic rings. The Labute approximate surface area is 152 Å². The molecule has 0 atom stereocenters. The zero-order valence-corrected chi connectivity index (χ0v) is 15.0. The number of hydrogen-bond donors (Lipinski definition) is 1. The number of aryl methyl sites for hydroxylation is 1. The van der Waals surface area contributed by atoms with Gasteiger partial charge in [0.2, 0.25) is 5.91 Å². The molecule has 138 valence electrons. The Morgan fingerprint density at radius 1 is 1.27 bits per heavy atom. The molecule has 8 nitrogen and oxygen atoms in total. The molecule has 0 aromatic carbocycles. The number of nitrogens with zero attached hydrogens (tertiary/aromatic N) is 5. The van der Waals surface area contributed by atoms with Crippen LogP contribution >= 0.6 is 0 Å². The molecule has 0 unspecified atom stereocenters. The second-order valence-corrected chi connectivity index (χ2v) is 6.45. The summed E-state index contributed by atoms with van der Waals surface area (Å²) in [4.78, 5) is 34.7. The van der Waals surface area contributed by atoms with Crippen molar-refractivity contribution >= 4 is 11.6 Å². The molecule has 1 aliphatic heterocycles. The maximum Gasteiger partial charge on any atom is 0.268 e. The van der Waals surface area contributed by atoms with Crippen molar-refractivity contribution in [3.63, 3.8) is 0 Å². The molecule has 3 rings (SSSR count).